The quantitative estimate of drug-likeness (QED) is 0.816. The van der Waals surface area contributed by atoms with Gasteiger partial charge in [0.1, 0.15) is 11.3 Å². The van der Waals surface area contributed by atoms with Crippen LogP contribution in [-0.4, -0.2) is 22.5 Å². The van der Waals surface area contributed by atoms with Gasteiger partial charge in [0, 0.05) is 6.08 Å². The molecule has 1 heterocycles. The van der Waals surface area contributed by atoms with Gasteiger partial charge in [-0.25, -0.2) is 4.79 Å². The van der Waals surface area contributed by atoms with Gasteiger partial charge in [-0.1, -0.05) is 19.3 Å². The van der Waals surface area contributed by atoms with Gasteiger partial charge in [-0.3, -0.25) is 4.79 Å². The van der Waals surface area contributed by atoms with Crippen molar-refractivity contribution >= 4 is 18.0 Å². The Labute approximate surface area is 111 Å². The van der Waals surface area contributed by atoms with Gasteiger partial charge in [-0.05, 0) is 31.1 Å². The van der Waals surface area contributed by atoms with Crippen LogP contribution in [-0.2, 0) is 9.59 Å². The molecule has 0 saturated heterocycles. The van der Waals surface area contributed by atoms with Crippen LogP contribution < -0.4 is 5.32 Å². The Morgan fingerprint density at radius 3 is 2.63 bits per heavy atom. The second-order valence-corrected chi connectivity index (χ2v) is 4.79. The Hall–Kier alpha value is -2.04. The van der Waals surface area contributed by atoms with E-state index in [2.05, 4.69) is 5.32 Å². The molecule has 1 aromatic heterocycles. The summed E-state index contributed by atoms with van der Waals surface area (Å²) in [5.41, 5.74) is -1.11. The van der Waals surface area contributed by atoms with Crippen molar-refractivity contribution in [3.05, 3.63) is 30.2 Å². The first-order valence-electron chi connectivity index (χ1n) is 6.39. The lowest BCUT2D eigenvalue weighted by molar-refractivity contribution is -0.148. The summed E-state index contributed by atoms with van der Waals surface area (Å²) in [6.07, 6.45) is 7.99. The monoisotopic (exact) mass is 263 g/mol. The van der Waals surface area contributed by atoms with Crippen LogP contribution in [0.1, 0.15) is 37.9 Å². The number of hydrogen-bond donors (Lipinski definition) is 2. The van der Waals surface area contributed by atoms with E-state index in [1.54, 1.807) is 12.1 Å². The van der Waals surface area contributed by atoms with Gasteiger partial charge in [-0.15, -0.1) is 0 Å². The summed E-state index contributed by atoms with van der Waals surface area (Å²) >= 11 is 0. The fourth-order valence-corrected chi connectivity index (χ4v) is 2.37. The average molecular weight is 263 g/mol. The molecule has 19 heavy (non-hydrogen) atoms. The molecule has 0 aliphatic heterocycles. The minimum absolute atomic E-state index is 0.402. The molecule has 0 unspecified atom stereocenters. The summed E-state index contributed by atoms with van der Waals surface area (Å²) in [4.78, 5) is 23.2. The van der Waals surface area contributed by atoms with Crippen LogP contribution in [0.4, 0.5) is 0 Å². The van der Waals surface area contributed by atoms with Crippen molar-refractivity contribution in [2.45, 2.75) is 37.6 Å². The molecule has 0 bridgehead atoms. The molecule has 1 aliphatic carbocycles. The second kappa shape index (κ2) is 5.73. The summed E-state index contributed by atoms with van der Waals surface area (Å²) in [6.45, 7) is 0. The highest BCUT2D eigenvalue weighted by molar-refractivity contribution is 5.95. The molecule has 102 valence electrons. The lowest BCUT2D eigenvalue weighted by Crippen LogP contribution is -2.55. The minimum Gasteiger partial charge on any atom is -0.480 e. The highest BCUT2D eigenvalue weighted by Crippen LogP contribution is 2.28. The highest BCUT2D eigenvalue weighted by Gasteiger charge is 2.40. The zero-order chi connectivity index (χ0) is 13.7. The van der Waals surface area contributed by atoms with Crippen molar-refractivity contribution in [2.75, 3.05) is 0 Å². The molecule has 1 amide bonds. The Morgan fingerprint density at radius 1 is 1.32 bits per heavy atom. The van der Waals surface area contributed by atoms with Gasteiger partial charge < -0.3 is 14.8 Å². The number of rotatable bonds is 4. The first-order chi connectivity index (χ1) is 9.12. The number of carbonyl (C=O) groups is 2. The predicted octanol–water partition coefficient (Wildman–Crippen LogP) is 2.20. The Bertz CT molecular complexity index is 470. The Morgan fingerprint density at radius 2 is 2.05 bits per heavy atom. The third kappa shape index (κ3) is 3.24. The maximum Gasteiger partial charge on any atom is 0.329 e. The molecular weight excluding hydrogens is 246 g/mol. The lowest BCUT2D eigenvalue weighted by atomic mass is 9.81. The van der Waals surface area contributed by atoms with Crippen LogP contribution in [0.15, 0.2) is 28.9 Å². The van der Waals surface area contributed by atoms with Crippen LogP contribution in [0.25, 0.3) is 6.08 Å². The number of aliphatic carboxylic acids is 1. The van der Waals surface area contributed by atoms with Crippen LogP contribution in [0.3, 0.4) is 0 Å². The van der Waals surface area contributed by atoms with Gasteiger partial charge in [0.05, 0.1) is 6.26 Å². The molecule has 2 rings (SSSR count). The van der Waals surface area contributed by atoms with E-state index in [9.17, 15) is 14.7 Å². The molecular formula is C14H17NO4. The molecule has 1 aromatic rings. The van der Waals surface area contributed by atoms with Crippen LogP contribution >= 0.6 is 0 Å². The van der Waals surface area contributed by atoms with E-state index in [4.69, 9.17) is 4.42 Å². The Balaban J connectivity index is 2.01. The van der Waals surface area contributed by atoms with E-state index in [-0.39, 0.29) is 0 Å². The first-order valence-corrected chi connectivity index (χ1v) is 6.39. The summed E-state index contributed by atoms with van der Waals surface area (Å²) in [5, 5.41) is 12.0. The number of carboxylic acids is 1. The van der Waals surface area contributed by atoms with Gasteiger partial charge in [0.15, 0.2) is 0 Å². The maximum absolute atomic E-state index is 11.8. The minimum atomic E-state index is -1.11. The molecule has 0 aromatic carbocycles. The van der Waals surface area contributed by atoms with Crippen molar-refractivity contribution in [3.63, 3.8) is 0 Å². The summed E-state index contributed by atoms with van der Waals surface area (Å²) in [5.74, 6) is -0.796. The first kappa shape index (κ1) is 13.4. The number of amides is 1. The standard InChI is InChI=1S/C14H17NO4/c16-12(7-6-11-5-4-10-19-11)15-14(13(17)18)8-2-1-3-9-14/h4-7,10H,1-3,8-9H2,(H,15,16)(H,17,18). The van der Waals surface area contributed by atoms with Crippen molar-refractivity contribution in [1.82, 2.24) is 5.32 Å². The van der Waals surface area contributed by atoms with Crippen molar-refractivity contribution in [1.29, 1.82) is 0 Å². The van der Waals surface area contributed by atoms with Gasteiger partial charge in [0.25, 0.3) is 0 Å². The highest BCUT2D eigenvalue weighted by atomic mass is 16.4. The normalized spacial score (nSPS) is 18.3. The molecule has 1 fully saturated rings. The van der Waals surface area contributed by atoms with Crippen LogP contribution in [0.2, 0.25) is 0 Å². The molecule has 0 atom stereocenters. The van der Waals surface area contributed by atoms with E-state index in [1.807, 2.05) is 0 Å². The molecule has 0 spiro atoms. The number of carbonyl (C=O) groups excluding carboxylic acids is 1. The zero-order valence-electron chi connectivity index (χ0n) is 10.6. The van der Waals surface area contributed by atoms with Gasteiger partial charge in [0.2, 0.25) is 5.91 Å². The molecule has 1 saturated carbocycles. The van der Waals surface area contributed by atoms with E-state index in [1.165, 1.54) is 18.4 Å². The topological polar surface area (TPSA) is 79.5 Å². The molecule has 1 aliphatic rings. The number of nitrogens with one attached hydrogen (secondary N) is 1. The van der Waals surface area contributed by atoms with Crippen LogP contribution in [0, 0.1) is 0 Å². The second-order valence-electron chi connectivity index (χ2n) is 4.79. The van der Waals surface area contributed by atoms with Crippen molar-refractivity contribution in [3.8, 4) is 0 Å². The molecule has 5 nitrogen and oxygen atoms in total. The number of furan rings is 1. The Kier molecular flexibility index (Phi) is 4.04. The lowest BCUT2D eigenvalue weighted by Gasteiger charge is -2.33. The zero-order valence-corrected chi connectivity index (χ0v) is 10.6. The van der Waals surface area contributed by atoms with Crippen LogP contribution in [0.5, 0.6) is 0 Å². The van der Waals surface area contributed by atoms with Gasteiger partial charge >= 0.3 is 5.97 Å². The maximum atomic E-state index is 11.8. The van der Waals surface area contributed by atoms with Crippen molar-refractivity contribution in [2.24, 2.45) is 0 Å². The van der Waals surface area contributed by atoms with Gasteiger partial charge in [-0.2, -0.15) is 0 Å². The van der Waals surface area contributed by atoms with E-state index >= 15 is 0 Å². The third-order valence-corrected chi connectivity index (χ3v) is 3.42. The molecule has 5 heteroatoms. The predicted molar refractivity (Wildman–Crippen MR) is 69.3 cm³/mol. The van der Waals surface area contributed by atoms with E-state index in [0.29, 0.717) is 18.6 Å². The third-order valence-electron chi connectivity index (χ3n) is 3.42. The van der Waals surface area contributed by atoms with E-state index in [0.717, 1.165) is 19.3 Å². The SMILES string of the molecule is O=C(C=Cc1ccco1)NC1(C(=O)O)CCCCC1. The number of hydrogen-bond acceptors (Lipinski definition) is 3. The van der Waals surface area contributed by atoms with Crippen molar-refractivity contribution < 1.29 is 19.1 Å². The molecule has 2 N–H and O–H groups in total. The average Bonchev–Trinajstić information content (AvgIpc) is 2.90. The summed E-state index contributed by atoms with van der Waals surface area (Å²) < 4.78 is 5.06. The summed E-state index contributed by atoms with van der Waals surface area (Å²) in [7, 11) is 0. The largest absolute Gasteiger partial charge is 0.480 e. The smallest absolute Gasteiger partial charge is 0.329 e. The van der Waals surface area contributed by atoms with E-state index < -0.39 is 17.4 Å². The fourth-order valence-electron chi connectivity index (χ4n) is 2.37. The fraction of sp³-hybridized carbons (Fsp3) is 0.429. The summed E-state index contributed by atoms with van der Waals surface area (Å²) in [6, 6.07) is 3.44. The molecule has 0 radical (unpaired) electrons. The number of carboxylic acid groups (broad SMARTS) is 1.